The van der Waals surface area contributed by atoms with Crippen molar-refractivity contribution in [2.45, 2.75) is 38.5 Å². The summed E-state index contributed by atoms with van der Waals surface area (Å²) in [6, 6.07) is 9.99. The van der Waals surface area contributed by atoms with E-state index in [0.717, 1.165) is 21.1 Å². The van der Waals surface area contributed by atoms with Gasteiger partial charge < -0.3 is 0 Å². The fourth-order valence-corrected chi connectivity index (χ4v) is 2.89. The Morgan fingerprint density at radius 2 is 1.90 bits per heavy atom. The summed E-state index contributed by atoms with van der Waals surface area (Å²) < 4.78 is 16.0. The molecule has 1 heterocycles. The average molecular weight is 355 g/mol. The Kier molecular flexibility index (Phi) is 4.62. The van der Waals surface area contributed by atoms with Gasteiger partial charge in [-0.2, -0.15) is 0 Å². The predicted octanol–water partition coefficient (Wildman–Crippen LogP) is 4.11. The molecule has 5 heteroatoms. The number of benzene rings is 1. The quantitative estimate of drug-likeness (QED) is 0.900. The van der Waals surface area contributed by atoms with Gasteiger partial charge in [-0.25, -0.2) is 8.93 Å². The van der Waals surface area contributed by atoms with Crippen LogP contribution in [-0.2, 0) is 11.0 Å². The average Bonchev–Trinajstić information content (AvgIpc) is 2.36. The number of pyridine rings is 1. The standard InChI is InChI=1S/C15H19BrN2OS/c1-10(18-20(19)15(2,3)4)13-8-6-11-5-7-12(16)9-14(11)17-13/h5-10,18H,1-4H3. The van der Waals surface area contributed by atoms with Gasteiger partial charge >= 0.3 is 0 Å². The first-order chi connectivity index (χ1) is 9.27. The van der Waals surface area contributed by atoms with Crippen LogP contribution < -0.4 is 4.72 Å². The van der Waals surface area contributed by atoms with Gasteiger partial charge in [0.25, 0.3) is 0 Å². The van der Waals surface area contributed by atoms with E-state index in [4.69, 9.17) is 0 Å². The van der Waals surface area contributed by atoms with E-state index in [2.05, 4.69) is 25.6 Å². The first kappa shape index (κ1) is 15.6. The third-order valence-electron chi connectivity index (χ3n) is 2.96. The summed E-state index contributed by atoms with van der Waals surface area (Å²) in [5.41, 5.74) is 1.83. The smallest absolute Gasteiger partial charge is 0.0976 e. The van der Waals surface area contributed by atoms with E-state index in [1.54, 1.807) is 0 Å². The summed E-state index contributed by atoms with van der Waals surface area (Å²) >= 11 is 3.46. The van der Waals surface area contributed by atoms with Gasteiger partial charge in [-0.3, -0.25) is 4.98 Å². The summed E-state index contributed by atoms with van der Waals surface area (Å²) in [5, 5.41) is 1.10. The summed E-state index contributed by atoms with van der Waals surface area (Å²) in [7, 11) is -1.11. The normalized spacial score (nSPS) is 15.2. The minimum absolute atomic E-state index is 0.0570. The highest BCUT2D eigenvalue weighted by atomic mass is 79.9. The van der Waals surface area contributed by atoms with Crippen molar-refractivity contribution in [1.82, 2.24) is 9.71 Å². The number of aromatic nitrogens is 1. The molecule has 2 aromatic rings. The molecule has 108 valence electrons. The molecule has 20 heavy (non-hydrogen) atoms. The van der Waals surface area contributed by atoms with Crippen molar-refractivity contribution >= 4 is 37.8 Å². The maximum Gasteiger partial charge on any atom is 0.0976 e. The maximum atomic E-state index is 12.1. The highest BCUT2D eigenvalue weighted by molar-refractivity contribution is 9.10. The van der Waals surface area contributed by atoms with Gasteiger partial charge in [0.1, 0.15) is 0 Å². The SMILES string of the molecule is CC(NS(=O)C(C)(C)C)c1ccc2ccc(Br)cc2n1. The third-order valence-corrected chi connectivity index (χ3v) is 5.13. The lowest BCUT2D eigenvalue weighted by molar-refractivity contribution is 0.612. The molecule has 1 aromatic heterocycles. The van der Waals surface area contributed by atoms with Crippen LogP contribution >= 0.6 is 15.9 Å². The van der Waals surface area contributed by atoms with Crippen molar-refractivity contribution in [3.05, 3.63) is 40.5 Å². The molecule has 0 aliphatic heterocycles. The summed E-state index contributed by atoms with van der Waals surface area (Å²) in [6.07, 6.45) is 0. The molecule has 2 atom stereocenters. The number of halogens is 1. The number of hydrogen-bond acceptors (Lipinski definition) is 2. The van der Waals surface area contributed by atoms with Crippen molar-refractivity contribution in [2.75, 3.05) is 0 Å². The highest BCUT2D eigenvalue weighted by Crippen LogP contribution is 2.21. The highest BCUT2D eigenvalue weighted by Gasteiger charge is 2.22. The lowest BCUT2D eigenvalue weighted by Gasteiger charge is -2.21. The van der Waals surface area contributed by atoms with Gasteiger partial charge in [0.2, 0.25) is 0 Å². The molecular weight excluding hydrogens is 336 g/mol. The second kappa shape index (κ2) is 5.92. The Bertz CT molecular complexity index is 652. The summed E-state index contributed by atoms with van der Waals surface area (Å²) in [6.45, 7) is 7.84. The van der Waals surface area contributed by atoms with Gasteiger partial charge in [-0.1, -0.05) is 28.1 Å². The Labute approximate surface area is 130 Å². The lowest BCUT2D eigenvalue weighted by Crippen LogP contribution is -2.35. The van der Waals surface area contributed by atoms with Gasteiger partial charge in [-0.15, -0.1) is 0 Å². The van der Waals surface area contributed by atoms with Crippen molar-refractivity contribution in [3.8, 4) is 0 Å². The first-order valence-corrected chi connectivity index (χ1v) is 8.46. The van der Waals surface area contributed by atoms with Crippen LogP contribution in [-0.4, -0.2) is 13.9 Å². The Hall–Kier alpha value is -0.780. The Balaban J connectivity index is 2.26. The Morgan fingerprint density at radius 1 is 1.25 bits per heavy atom. The molecule has 3 nitrogen and oxygen atoms in total. The third kappa shape index (κ3) is 3.65. The molecule has 0 aliphatic carbocycles. The molecule has 0 saturated heterocycles. The maximum absolute atomic E-state index is 12.1. The van der Waals surface area contributed by atoms with Crippen LogP contribution in [0.4, 0.5) is 0 Å². The van der Waals surface area contributed by atoms with Crippen LogP contribution in [0.1, 0.15) is 39.4 Å². The molecule has 0 saturated carbocycles. The van der Waals surface area contributed by atoms with Crippen molar-refractivity contribution in [3.63, 3.8) is 0 Å². The van der Waals surface area contributed by atoms with Crippen LogP contribution in [0.15, 0.2) is 34.8 Å². The number of hydrogen-bond donors (Lipinski definition) is 1. The molecule has 2 rings (SSSR count). The number of nitrogens with zero attached hydrogens (tertiary/aromatic N) is 1. The van der Waals surface area contributed by atoms with Gasteiger partial charge in [-0.05, 0) is 45.9 Å². The fraction of sp³-hybridized carbons (Fsp3) is 0.400. The molecule has 1 N–H and O–H groups in total. The first-order valence-electron chi connectivity index (χ1n) is 6.51. The predicted molar refractivity (Wildman–Crippen MR) is 88.9 cm³/mol. The van der Waals surface area contributed by atoms with Gasteiger partial charge in [0.15, 0.2) is 0 Å². The minimum atomic E-state index is -1.11. The zero-order chi connectivity index (χ0) is 14.9. The van der Waals surface area contributed by atoms with E-state index in [9.17, 15) is 4.21 Å². The summed E-state index contributed by atoms with van der Waals surface area (Å²) in [5.74, 6) is 0. The van der Waals surface area contributed by atoms with Crippen molar-refractivity contribution in [2.24, 2.45) is 0 Å². The van der Waals surface area contributed by atoms with Crippen molar-refractivity contribution in [1.29, 1.82) is 0 Å². The topological polar surface area (TPSA) is 42.0 Å². The second-order valence-corrected chi connectivity index (χ2v) is 8.71. The van der Waals surface area contributed by atoms with E-state index < -0.39 is 11.0 Å². The van der Waals surface area contributed by atoms with Crippen LogP contribution in [0.25, 0.3) is 10.9 Å². The second-order valence-electron chi connectivity index (χ2n) is 5.79. The number of nitrogens with one attached hydrogen (secondary N) is 1. The monoisotopic (exact) mass is 354 g/mol. The zero-order valence-corrected chi connectivity index (χ0v) is 14.5. The fourth-order valence-electron chi connectivity index (χ4n) is 1.74. The van der Waals surface area contributed by atoms with E-state index in [-0.39, 0.29) is 10.8 Å². The van der Waals surface area contributed by atoms with E-state index in [1.165, 1.54) is 0 Å². The van der Waals surface area contributed by atoms with E-state index in [0.29, 0.717) is 0 Å². The molecule has 0 bridgehead atoms. The Morgan fingerprint density at radius 3 is 2.55 bits per heavy atom. The van der Waals surface area contributed by atoms with Crippen LogP contribution in [0.5, 0.6) is 0 Å². The lowest BCUT2D eigenvalue weighted by atomic mass is 10.1. The molecule has 0 radical (unpaired) electrons. The molecule has 2 unspecified atom stereocenters. The number of fused-ring (bicyclic) bond motifs is 1. The molecule has 0 fully saturated rings. The molecule has 1 aromatic carbocycles. The van der Waals surface area contributed by atoms with Crippen molar-refractivity contribution < 1.29 is 4.21 Å². The van der Waals surface area contributed by atoms with E-state index in [1.807, 2.05) is 58.0 Å². The molecule has 0 amide bonds. The van der Waals surface area contributed by atoms with Gasteiger partial charge in [0, 0.05) is 9.86 Å². The zero-order valence-electron chi connectivity index (χ0n) is 12.1. The molecular formula is C15H19BrN2OS. The largest absolute Gasteiger partial charge is 0.251 e. The summed E-state index contributed by atoms with van der Waals surface area (Å²) in [4.78, 5) is 4.64. The van der Waals surface area contributed by atoms with Crippen LogP contribution in [0, 0.1) is 0 Å². The van der Waals surface area contributed by atoms with Crippen LogP contribution in [0.3, 0.4) is 0 Å². The minimum Gasteiger partial charge on any atom is -0.251 e. The number of rotatable bonds is 3. The molecule has 0 spiro atoms. The molecule has 0 aliphatic rings. The van der Waals surface area contributed by atoms with E-state index >= 15 is 0 Å². The van der Waals surface area contributed by atoms with Crippen LogP contribution in [0.2, 0.25) is 0 Å². The van der Waals surface area contributed by atoms with Gasteiger partial charge in [0.05, 0.1) is 33.0 Å².